The van der Waals surface area contributed by atoms with E-state index in [0.717, 1.165) is 29.2 Å². The summed E-state index contributed by atoms with van der Waals surface area (Å²) in [6.45, 7) is 3.15. The molecule has 3 aromatic heterocycles. The van der Waals surface area contributed by atoms with Crippen LogP contribution >= 0.6 is 11.3 Å². The highest BCUT2D eigenvalue weighted by Crippen LogP contribution is 2.33. The maximum Gasteiger partial charge on any atom is 0.264 e. The highest BCUT2D eigenvalue weighted by atomic mass is 32.1. The fourth-order valence-corrected chi connectivity index (χ4v) is 4.52. The lowest BCUT2D eigenvalue weighted by atomic mass is 9.90. The van der Waals surface area contributed by atoms with Gasteiger partial charge < -0.3 is 13.7 Å². The van der Waals surface area contributed by atoms with Crippen molar-refractivity contribution in [3.63, 3.8) is 0 Å². The van der Waals surface area contributed by atoms with E-state index in [-0.39, 0.29) is 5.91 Å². The van der Waals surface area contributed by atoms with Gasteiger partial charge in [0.05, 0.1) is 30.5 Å². The minimum absolute atomic E-state index is 0.0415. The minimum atomic E-state index is 0.0415. The molecule has 0 N–H and O–H groups in total. The van der Waals surface area contributed by atoms with Crippen molar-refractivity contribution in [1.29, 1.82) is 0 Å². The highest BCUT2D eigenvalue weighted by Gasteiger charge is 2.24. The summed E-state index contributed by atoms with van der Waals surface area (Å²) in [6.07, 6.45) is 6.65. The molecule has 1 unspecified atom stereocenters. The number of thiophene rings is 1. The Kier molecular flexibility index (Phi) is 4.49. The Hall–Kier alpha value is -2.27. The molecular weight excluding hydrogens is 334 g/mol. The second-order valence-electron chi connectivity index (χ2n) is 6.73. The molecule has 0 aromatic carbocycles. The molecule has 0 aliphatic heterocycles. The lowest BCUT2D eigenvalue weighted by Crippen LogP contribution is -2.29. The van der Waals surface area contributed by atoms with E-state index < -0.39 is 0 Å². The van der Waals surface area contributed by atoms with Gasteiger partial charge >= 0.3 is 0 Å². The Bertz CT molecular complexity index is 796. The van der Waals surface area contributed by atoms with Crippen molar-refractivity contribution in [2.75, 3.05) is 0 Å². The van der Waals surface area contributed by atoms with Crippen LogP contribution in [0.25, 0.3) is 0 Å². The first-order valence-electron chi connectivity index (χ1n) is 8.64. The second kappa shape index (κ2) is 6.92. The lowest BCUT2D eigenvalue weighted by Gasteiger charge is -2.19. The van der Waals surface area contributed by atoms with Crippen LogP contribution in [-0.4, -0.2) is 10.8 Å². The van der Waals surface area contributed by atoms with E-state index in [9.17, 15) is 4.79 Å². The quantitative estimate of drug-likeness (QED) is 0.654. The molecule has 0 radical (unpaired) electrons. The molecule has 1 aliphatic carbocycles. The first-order valence-corrected chi connectivity index (χ1v) is 9.46. The van der Waals surface area contributed by atoms with Gasteiger partial charge in [0.1, 0.15) is 11.5 Å². The van der Waals surface area contributed by atoms with E-state index in [0.29, 0.717) is 19.0 Å². The zero-order chi connectivity index (χ0) is 17.2. The second-order valence-corrected chi connectivity index (χ2v) is 7.86. The monoisotopic (exact) mass is 355 g/mol. The zero-order valence-electron chi connectivity index (χ0n) is 14.2. The maximum absolute atomic E-state index is 13.1. The van der Waals surface area contributed by atoms with Crippen LogP contribution < -0.4 is 0 Å². The summed E-state index contributed by atoms with van der Waals surface area (Å²) >= 11 is 1.65. The molecule has 1 amide bonds. The predicted molar refractivity (Wildman–Crippen MR) is 96.5 cm³/mol. The molecule has 3 heterocycles. The summed E-state index contributed by atoms with van der Waals surface area (Å²) in [5.41, 5.74) is 1.35. The Morgan fingerprint density at radius 3 is 2.48 bits per heavy atom. The maximum atomic E-state index is 13.1. The fraction of sp³-hybridized carbons (Fsp3) is 0.350. The van der Waals surface area contributed by atoms with Crippen LogP contribution in [0.3, 0.4) is 0 Å². The van der Waals surface area contributed by atoms with Gasteiger partial charge in [-0.2, -0.15) is 0 Å². The Morgan fingerprint density at radius 2 is 1.88 bits per heavy atom. The Morgan fingerprint density at radius 1 is 1.20 bits per heavy atom. The number of aryl methyl sites for hydroxylation is 1. The van der Waals surface area contributed by atoms with Crippen molar-refractivity contribution in [2.45, 2.75) is 39.3 Å². The summed E-state index contributed by atoms with van der Waals surface area (Å²) in [6, 6.07) is 9.56. The summed E-state index contributed by atoms with van der Waals surface area (Å²) in [5, 5.41) is 0. The largest absolute Gasteiger partial charge is 0.467 e. The first kappa shape index (κ1) is 16.2. The molecule has 1 aliphatic rings. The number of hydrogen-bond acceptors (Lipinski definition) is 4. The van der Waals surface area contributed by atoms with Gasteiger partial charge in [0.25, 0.3) is 5.91 Å². The third-order valence-electron chi connectivity index (χ3n) is 4.68. The van der Waals surface area contributed by atoms with Gasteiger partial charge in [-0.1, -0.05) is 6.92 Å². The standard InChI is InChI=1S/C20H21NO3S/c1-14-6-7-18-15(10-14)11-19(25-18)20(22)21(12-16-4-2-8-23-16)13-17-5-3-9-24-17/h2-5,8-9,11,14H,6-7,10,12-13H2,1H3. The molecule has 1 atom stereocenters. The number of hydrogen-bond donors (Lipinski definition) is 0. The summed E-state index contributed by atoms with van der Waals surface area (Å²) < 4.78 is 10.9. The summed E-state index contributed by atoms with van der Waals surface area (Å²) in [5.74, 6) is 2.29. The van der Waals surface area contributed by atoms with Crippen molar-refractivity contribution in [1.82, 2.24) is 4.90 Å². The molecule has 0 saturated carbocycles. The molecule has 0 saturated heterocycles. The number of carbonyl (C=O) groups excluding carboxylic acids is 1. The molecule has 0 fully saturated rings. The van der Waals surface area contributed by atoms with Crippen LogP contribution in [0.1, 0.15) is 45.0 Å². The Balaban J connectivity index is 1.58. The Labute approximate surface area is 151 Å². The van der Waals surface area contributed by atoms with Crippen LogP contribution in [-0.2, 0) is 25.9 Å². The van der Waals surface area contributed by atoms with Crippen LogP contribution in [0, 0.1) is 5.92 Å². The van der Waals surface area contributed by atoms with Gasteiger partial charge in [0.2, 0.25) is 0 Å². The van der Waals surface area contributed by atoms with Crippen LogP contribution in [0.5, 0.6) is 0 Å². The third kappa shape index (κ3) is 3.56. The van der Waals surface area contributed by atoms with Crippen LogP contribution in [0.15, 0.2) is 51.7 Å². The van der Waals surface area contributed by atoms with Crippen molar-refractivity contribution in [2.24, 2.45) is 5.92 Å². The van der Waals surface area contributed by atoms with E-state index >= 15 is 0 Å². The molecule has 3 aromatic rings. The fourth-order valence-electron chi connectivity index (χ4n) is 3.35. The van der Waals surface area contributed by atoms with Gasteiger partial charge in [-0.15, -0.1) is 11.3 Å². The normalized spacial score (nSPS) is 16.6. The van der Waals surface area contributed by atoms with Crippen molar-refractivity contribution in [3.8, 4) is 0 Å². The summed E-state index contributed by atoms with van der Waals surface area (Å²) in [7, 11) is 0. The molecule has 25 heavy (non-hydrogen) atoms. The highest BCUT2D eigenvalue weighted by molar-refractivity contribution is 7.14. The topological polar surface area (TPSA) is 46.6 Å². The van der Waals surface area contributed by atoms with E-state index in [4.69, 9.17) is 8.83 Å². The van der Waals surface area contributed by atoms with Crippen molar-refractivity contribution < 1.29 is 13.6 Å². The average molecular weight is 355 g/mol. The molecule has 0 spiro atoms. The lowest BCUT2D eigenvalue weighted by molar-refractivity contribution is 0.0709. The number of amides is 1. The zero-order valence-corrected chi connectivity index (χ0v) is 15.1. The van der Waals surface area contributed by atoms with E-state index in [1.165, 1.54) is 16.9 Å². The van der Waals surface area contributed by atoms with Gasteiger partial charge in [0, 0.05) is 4.88 Å². The van der Waals surface area contributed by atoms with Crippen LogP contribution in [0.4, 0.5) is 0 Å². The molecular formula is C20H21NO3S. The molecule has 4 nitrogen and oxygen atoms in total. The third-order valence-corrected chi connectivity index (χ3v) is 5.91. The van der Waals surface area contributed by atoms with Gasteiger partial charge in [-0.25, -0.2) is 0 Å². The van der Waals surface area contributed by atoms with E-state index in [1.54, 1.807) is 28.8 Å². The van der Waals surface area contributed by atoms with Crippen LogP contribution in [0.2, 0.25) is 0 Å². The number of fused-ring (bicyclic) bond motifs is 1. The number of furan rings is 2. The van der Waals surface area contributed by atoms with Gasteiger partial charge in [-0.05, 0) is 61.1 Å². The number of carbonyl (C=O) groups is 1. The van der Waals surface area contributed by atoms with Crippen molar-refractivity contribution >= 4 is 17.2 Å². The number of rotatable bonds is 5. The molecule has 4 rings (SSSR count). The SMILES string of the molecule is CC1CCc2sc(C(=O)N(Cc3ccco3)Cc3ccco3)cc2C1. The molecule has 0 bridgehead atoms. The van der Waals surface area contributed by atoms with E-state index in [1.807, 2.05) is 24.3 Å². The smallest absolute Gasteiger partial charge is 0.264 e. The van der Waals surface area contributed by atoms with Gasteiger partial charge in [0.15, 0.2) is 0 Å². The minimum Gasteiger partial charge on any atom is -0.467 e. The predicted octanol–water partition coefficient (Wildman–Crippen LogP) is 4.90. The summed E-state index contributed by atoms with van der Waals surface area (Å²) in [4.78, 5) is 17.1. The van der Waals surface area contributed by atoms with E-state index in [2.05, 4.69) is 13.0 Å². The van der Waals surface area contributed by atoms with Crippen molar-refractivity contribution in [3.05, 3.63) is 69.7 Å². The van der Waals surface area contributed by atoms with Gasteiger partial charge in [-0.3, -0.25) is 4.79 Å². The average Bonchev–Trinajstić information content (AvgIpc) is 3.34. The first-order chi connectivity index (χ1) is 12.2. The molecule has 5 heteroatoms. The number of nitrogens with zero attached hydrogens (tertiary/aromatic N) is 1. The molecule has 130 valence electrons.